The van der Waals surface area contributed by atoms with Crippen molar-refractivity contribution in [2.45, 2.75) is 13.0 Å². The Labute approximate surface area is 84.3 Å². The third-order valence-corrected chi connectivity index (χ3v) is 3.32. The summed E-state index contributed by atoms with van der Waals surface area (Å²) in [7, 11) is 0. The second-order valence-electron chi connectivity index (χ2n) is 2.72. The van der Waals surface area contributed by atoms with Crippen LogP contribution in [0.5, 0.6) is 0 Å². The molecule has 2 rings (SSSR count). The van der Waals surface area contributed by atoms with Crippen LogP contribution in [0.4, 0.5) is 0 Å². The topological polar surface area (TPSA) is 51.8 Å². The number of aryl methyl sites for hydroxylation is 1. The first-order valence-corrected chi connectivity index (χ1v) is 5.65. The molecule has 3 nitrogen and oxygen atoms in total. The Morgan fingerprint density at radius 1 is 1.46 bits per heavy atom. The maximum absolute atomic E-state index is 5.97. The van der Waals surface area contributed by atoms with Gasteiger partial charge in [-0.3, -0.25) is 0 Å². The Bertz CT molecular complexity index is 380. The summed E-state index contributed by atoms with van der Waals surface area (Å²) in [4.78, 5) is 8.49. The van der Waals surface area contributed by atoms with Crippen molar-refractivity contribution >= 4 is 22.7 Å². The van der Waals surface area contributed by atoms with E-state index in [0.717, 1.165) is 16.4 Å². The van der Waals surface area contributed by atoms with Crippen LogP contribution in [0.25, 0.3) is 0 Å². The average molecular weight is 211 g/mol. The molecule has 2 aromatic rings. The van der Waals surface area contributed by atoms with Gasteiger partial charge in [-0.2, -0.15) is 0 Å². The number of hydrogen-bond donors (Lipinski definition) is 1. The molecule has 5 heteroatoms. The third-order valence-electron chi connectivity index (χ3n) is 1.67. The zero-order valence-electron chi connectivity index (χ0n) is 7.10. The van der Waals surface area contributed by atoms with E-state index in [1.807, 2.05) is 17.7 Å². The normalized spacial score (nSPS) is 13.1. The lowest BCUT2D eigenvalue weighted by atomic mass is 10.2. The van der Waals surface area contributed by atoms with Crippen molar-refractivity contribution < 1.29 is 0 Å². The van der Waals surface area contributed by atoms with E-state index < -0.39 is 0 Å². The first kappa shape index (κ1) is 8.80. The fraction of sp³-hybridized carbons (Fsp3) is 0.250. The summed E-state index contributed by atoms with van der Waals surface area (Å²) < 4.78 is 0. The first-order valence-electron chi connectivity index (χ1n) is 3.83. The lowest BCUT2D eigenvalue weighted by Crippen LogP contribution is -2.11. The molecule has 0 aromatic carbocycles. The smallest absolute Gasteiger partial charge is 0.116 e. The molecule has 68 valence electrons. The van der Waals surface area contributed by atoms with Gasteiger partial charge in [-0.05, 0) is 6.92 Å². The zero-order valence-corrected chi connectivity index (χ0v) is 8.73. The quantitative estimate of drug-likeness (QED) is 0.826. The molecule has 0 amide bonds. The van der Waals surface area contributed by atoms with E-state index in [1.165, 1.54) is 0 Å². The summed E-state index contributed by atoms with van der Waals surface area (Å²) in [5.41, 5.74) is 9.67. The van der Waals surface area contributed by atoms with Crippen LogP contribution < -0.4 is 5.73 Å². The van der Waals surface area contributed by atoms with Gasteiger partial charge in [0.25, 0.3) is 0 Å². The van der Waals surface area contributed by atoms with Crippen LogP contribution in [0.2, 0.25) is 0 Å². The molecule has 2 aromatic heterocycles. The third kappa shape index (κ3) is 1.77. The molecule has 0 saturated heterocycles. The number of hydrogen-bond acceptors (Lipinski definition) is 5. The lowest BCUT2D eigenvalue weighted by Gasteiger charge is -2.03. The molecule has 0 aliphatic heterocycles. The van der Waals surface area contributed by atoms with Crippen molar-refractivity contribution in [1.82, 2.24) is 9.97 Å². The van der Waals surface area contributed by atoms with Crippen molar-refractivity contribution in [1.29, 1.82) is 0 Å². The van der Waals surface area contributed by atoms with Crippen molar-refractivity contribution in [3.63, 3.8) is 0 Å². The molecule has 2 heterocycles. The largest absolute Gasteiger partial charge is 0.317 e. The summed E-state index contributed by atoms with van der Waals surface area (Å²) >= 11 is 3.14. The molecular formula is C8H9N3S2. The van der Waals surface area contributed by atoms with E-state index in [1.54, 1.807) is 28.2 Å². The van der Waals surface area contributed by atoms with Crippen molar-refractivity contribution in [3.05, 3.63) is 32.7 Å². The monoisotopic (exact) mass is 211 g/mol. The number of nitrogens with two attached hydrogens (primary N) is 1. The predicted octanol–water partition coefficient (Wildman–Crippen LogP) is 1.96. The number of aromatic nitrogens is 2. The lowest BCUT2D eigenvalue weighted by molar-refractivity contribution is 0.823. The molecule has 0 aliphatic rings. The minimum absolute atomic E-state index is 0.162. The SMILES string of the molecule is Cc1csc(C(N)c2cscn2)n1. The summed E-state index contributed by atoms with van der Waals surface area (Å²) in [6.07, 6.45) is 0. The fourth-order valence-corrected chi connectivity index (χ4v) is 2.42. The van der Waals surface area contributed by atoms with E-state index in [2.05, 4.69) is 9.97 Å². The zero-order chi connectivity index (χ0) is 9.26. The molecule has 0 radical (unpaired) electrons. The van der Waals surface area contributed by atoms with Gasteiger partial charge in [0, 0.05) is 16.5 Å². The van der Waals surface area contributed by atoms with Gasteiger partial charge < -0.3 is 5.73 Å². The van der Waals surface area contributed by atoms with Crippen molar-refractivity contribution in [2.75, 3.05) is 0 Å². The van der Waals surface area contributed by atoms with Crippen LogP contribution in [-0.2, 0) is 0 Å². The summed E-state index contributed by atoms with van der Waals surface area (Å²) in [6.45, 7) is 1.97. The highest BCUT2D eigenvalue weighted by Crippen LogP contribution is 2.22. The van der Waals surface area contributed by atoms with Crippen molar-refractivity contribution in [3.8, 4) is 0 Å². The summed E-state index contributed by atoms with van der Waals surface area (Å²) in [5, 5.41) is 4.89. The maximum Gasteiger partial charge on any atom is 0.116 e. The predicted molar refractivity (Wildman–Crippen MR) is 55.0 cm³/mol. The molecule has 0 bridgehead atoms. The Hall–Kier alpha value is -0.780. The first-order chi connectivity index (χ1) is 6.27. The van der Waals surface area contributed by atoms with E-state index in [0.29, 0.717) is 0 Å². The van der Waals surface area contributed by atoms with E-state index in [-0.39, 0.29) is 6.04 Å². The molecule has 1 atom stereocenters. The van der Waals surface area contributed by atoms with Gasteiger partial charge in [0.1, 0.15) is 11.0 Å². The highest BCUT2D eigenvalue weighted by Gasteiger charge is 2.13. The summed E-state index contributed by atoms with van der Waals surface area (Å²) in [6, 6.07) is -0.162. The van der Waals surface area contributed by atoms with E-state index in [4.69, 9.17) is 5.73 Å². The Kier molecular flexibility index (Phi) is 2.39. The number of thiazole rings is 2. The van der Waals surface area contributed by atoms with Gasteiger partial charge in [-0.15, -0.1) is 22.7 Å². The Morgan fingerprint density at radius 3 is 2.85 bits per heavy atom. The van der Waals surface area contributed by atoms with Gasteiger partial charge in [0.05, 0.1) is 11.2 Å². The molecule has 1 unspecified atom stereocenters. The maximum atomic E-state index is 5.97. The van der Waals surface area contributed by atoms with Gasteiger partial charge in [0.15, 0.2) is 0 Å². The van der Waals surface area contributed by atoms with Gasteiger partial charge >= 0.3 is 0 Å². The van der Waals surface area contributed by atoms with Crippen LogP contribution in [0.15, 0.2) is 16.3 Å². The van der Waals surface area contributed by atoms with E-state index >= 15 is 0 Å². The fourth-order valence-electron chi connectivity index (χ4n) is 1.02. The molecule has 0 spiro atoms. The summed E-state index contributed by atoms with van der Waals surface area (Å²) in [5.74, 6) is 0. The van der Waals surface area contributed by atoms with Gasteiger partial charge in [-0.25, -0.2) is 9.97 Å². The van der Waals surface area contributed by atoms with Crippen LogP contribution in [0.3, 0.4) is 0 Å². The highest BCUT2D eigenvalue weighted by atomic mass is 32.1. The standard InChI is InChI=1S/C8H9N3S2/c1-5-2-13-8(11-5)7(9)6-3-12-4-10-6/h2-4,7H,9H2,1H3. The van der Waals surface area contributed by atoms with Crippen LogP contribution in [0.1, 0.15) is 22.4 Å². The Balaban J connectivity index is 2.28. The highest BCUT2D eigenvalue weighted by molar-refractivity contribution is 7.09. The van der Waals surface area contributed by atoms with Crippen LogP contribution >= 0.6 is 22.7 Å². The van der Waals surface area contributed by atoms with Crippen LogP contribution in [-0.4, -0.2) is 9.97 Å². The second-order valence-corrected chi connectivity index (χ2v) is 4.33. The molecule has 0 fully saturated rings. The number of rotatable bonds is 2. The second kappa shape index (κ2) is 3.53. The Morgan fingerprint density at radius 2 is 2.31 bits per heavy atom. The minimum atomic E-state index is -0.162. The molecule has 2 N–H and O–H groups in total. The van der Waals surface area contributed by atoms with E-state index in [9.17, 15) is 0 Å². The molecule has 0 aliphatic carbocycles. The number of nitrogens with zero attached hydrogens (tertiary/aromatic N) is 2. The molecule has 13 heavy (non-hydrogen) atoms. The minimum Gasteiger partial charge on any atom is -0.317 e. The average Bonchev–Trinajstić information content (AvgIpc) is 2.72. The van der Waals surface area contributed by atoms with Gasteiger partial charge in [-0.1, -0.05) is 0 Å². The van der Waals surface area contributed by atoms with Crippen LogP contribution in [0, 0.1) is 6.92 Å². The van der Waals surface area contributed by atoms with Gasteiger partial charge in [0.2, 0.25) is 0 Å². The van der Waals surface area contributed by atoms with Crippen molar-refractivity contribution in [2.24, 2.45) is 5.73 Å². The molecule has 0 saturated carbocycles. The molecular weight excluding hydrogens is 202 g/mol.